The third-order valence-electron chi connectivity index (χ3n) is 4.99. The maximum Gasteiger partial charge on any atom is 0.289 e. The van der Waals surface area contributed by atoms with E-state index in [1.165, 1.54) is 0 Å². The van der Waals surface area contributed by atoms with E-state index in [1.54, 1.807) is 0 Å². The Bertz CT molecular complexity index is 644. The van der Waals surface area contributed by atoms with E-state index >= 15 is 0 Å². The summed E-state index contributed by atoms with van der Waals surface area (Å²) in [6, 6.07) is 0. The highest BCUT2D eigenvalue weighted by atomic mass is 16.2. The number of aromatic nitrogens is 2. The number of amides is 2. The second kappa shape index (κ2) is 7.56. The van der Waals surface area contributed by atoms with E-state index in [0.29, 0.717) is 37.1 Å². The summed E-state index contributed by atoms with van der Waals surface area (Å²) in [5.41, 5.74) is 1.36. The SMILES string of the molecule is CC(C)CNC(=O)c1nc(C(=O)N2CCN(C)CC2)n2c1CCCC2. The molecule has 0 atom stereocenters. The van der Waals surface area contributed by atoms with Crippen molar-refractivity contribution in [1.82, 2.24) is 24.7 Å². The molecule has 2 aliphatic heterocycles. The van der Waals surface area contributed by atoms with E-state index in [-0.39, 0.29) is 11.8 Å². The number of carbonyl (C=O) groups excluding carboxylic acids is 2. The molecular weight excluding hydrogens is 318 g/mol. The quantitative estimate of drug-likeness (QED) is 0.882. The zero-order valence-corrected chi connectivity index (χ0v) is 15.5. The van der Waals surface area contributed by atoms with Gasteiger partial charge in [-0.3, -0.25) is 9.59 Å². The van der Waals surface area contributed by atoms with Crippen molar-refractivity contribution in [3.8, 4) is 0 Å². The van der Waals surface area contributed by atoms with Crippen LogP contribution in [0.15, 0.2) is 0 Å². The van der Waals surface area contributed by atoms with Crippen molar-refractivity contribution in [1.29, 1.82) is 0 Å². The van der Waals surface area contributed by atoms with Crippen molar-refractivity contribution < 1.29 is 9.59 Å². The molecule has 7 heteroatoms. The van der Waals surface area contributed by atoms with Gasteiger partial charge < -0.3 is 19.7 Å². The largest absolute Gasteiger partial charge is 0.350 e. The van der Waals surface area contributed by atoms with E-state index in [4.69, 9.17) is 0 Å². The zero-order valence-electron chi connectivity index (χ0n) is 15.5. The van der Waals surface area contributed by atoms with E-state index in [9.17, 15) is 9.59 Å². The molecule has 0 saturated carbocycles. The smallest absolute Gasteiger partial charge is 0.289 e. The molecule has 3 heterocycles. The fourth-order valence-electron chi connectivity index (χ4n) is 3.42. The molecule has 1 N–H and O–H groups in total. The highest BCUT2D eigenvalue weighted by Crippen LogP contribution is 2.22. The Labute approximate surface area is 149 Å². The monoisotopic (exact) mass is 347 g/mol. The van der Waals surface area contributed by atoms with Crippen molar-refractivity contribution >= 4 is 11.8 Å². The number of nitrogens with zero attached hydrogens (tertiary/aromatic N) is 4. The predicted octanol–water partition coefficient (Wildman–Crippen LogP) is 0.993. The van der Waals surface area contributed by atoms with Crippen LogP contribution in [0, 0.1) is 5.92 Å². The summed E-state index contributed by atoms with van der Waals surface area (Å²) in [5, 5.41) is 2.94. The highest BCUT2D eigenvalue weighted by molar-refractivity contribution is 5.97. The minimum Gasteiger partial charge on any atom is -0.350 e. The minimum absolute atomic E-state index is 0.0424. The van der Waals surface area contributed by atoms with Gasteiger partial charge in [0.1, 0.15) is 5.69 Å². The number of hydrogen-bond acceptors (Lipinski definition) is 4. The first-order chi connectivity index (χ1) is 12.0. The highest BCUT2D eigenvalue weighted by Gasteiger charge is 2.30. The molecule has 0 radical (unpaired) electrons. The molecular formula is C18H29N5O2. The third kappa shape index (κ3) is 3.86. The average molecular weight is 347 g/mol. The molecule has 2 amide bonds. The first kappa shape index (κ1) is 17.9. The lowest BCUT2D eigenvalue weighted by molar-refractivity contribution is 0.0645. The standard InChI is InChI=1S/C18H29N5O2/c1-13(2)12-19-17(24)15-14-6-4-5-7-23(14)16(20-15)18(25)22-10-8-21(3)9-11-22/h13H,4-12H2,1-3H3,(H,19,24). The van der Waals surface area contributed by atoms with Crippen molar-refractivity contribution in [3.05, 3.63) is 17.2 Å². The fourth-order valence-corrected chi connectivity index (χ4v) is 3.42. The Morgan fingerprint density at radius 1 is 1.12 bits per heavy atom. The van der Waals surface area contributed by atoms with Gasteiger partial charge in [0.15, 0.2) is 5.82 Å². The molecule has 0 aliphatic carbocycles. The number of carbonyl (C=O) groups is 2. The van der Waals surface area contributed by atoms with Crippen LogP contribution in [0.4, 0.5) is 0 Å². The van der Waals surface area contributed by atoms with E-state index in [2.05, 4.69) is 36.1 Å². The number of rotatable bonds is 4. The van der Waals surface area contributed by atoms with Gasteiger partial charge in [0, 0.05) is 39.3 Å². The molecule has 2 aliphatic rings. The maximum atomic E-state index is 13.0. The lowest BCUT2D eigenvalue weighted by Gasteiger charge is -2.32. The molecule has 138 valence electrons. The average Bonchev–Trinajstić information content (AvgIpc) is 2.99. The lowest BCUT2D eigenvalue weighted by Crippen LogP contribution is -2.47. The van der Waals surface area contributed by atoms with Crippen LogP contribution in [0.3, 0.4) is 0 Å². The Balaban J connectivity index is 1.84. The molecule has 0 bridgehead atoms. The summed E-state index contributed by atoms with van der Waals surface area (Å²) in [7, 11) is 2.07. The van der Waals surface area contributed by atoms with Crippen LogP contribution in [-0.2, 0) is 13.0 Å². The van der Waals surface area contributed by atoms with Crippen LogP contribution >= 0.6 is 0 Å². The molecule has 1 saturated heterocycles. The molecule has 25 heavy (non-hydrogen) atoms. The summed E-state index contributed by atoms with van der Waals surface area (Å²) in [5.74, 6) is 0.624. The molecule has 1 aromatic rings. The summed E-state index contributed by atoms with van der Waals surface area (Å²) < 4.78 is 1.98. The van der Waals surface area contributed by atoms with Gasteiger partial charge in [-0.05, 0) is 32.2 Å². The third-order valence-corrected chi connectivity index (χ3v) is 4.99. The number of hydrogen-bond donors (Lipinski definition) is 1. The zero-order chi connectivity index (χ0) is 18.0. The van der Waals surface area contributed by atoms with Crippen LogP contribution in [0.2, 0.25) is 0 Å². The van der Waals surface area contributed by atoms with Crippen LogP contribution in [0.5, 0.6) is 0 Å². The number of piperazine rings is 1. The molecule has 0 unspecified atom stereocenters. The van der Waals surface area contributed by atoms with Gasteiger partial charge in [0.05, 0.1) is 5.69 Å². The second-order valence-corrected chi connectivity index (χ2v) is 7.54. The Kier molecular flexibility index (Phi) is 5.42. The van der Waals surface area contributed by atoms with Gasteiger partial charge in [0.2, 0.25) is 0 Å². The van der Waals surface area contributed by atoms with Crippen molar-refractivity contribution in [2.24, 2.45) is 5.92 Å². The lowest BCUT2D eigenvalue weighted by atomic mass is 10.1. The predicted molar refractivity (Wildman–Crippen MR) is 95.7 cm³/mol. The molecule has 0 aromatic carbocycles. The normalized spacial score (nSPS) is 18.3. The molecule has 1 fully saturated rings. The number of imidazole rings is 1. The Morgan fingerprint density at radius 2 is 1.84 bits per heavy atom. The Morgan fingerprint density at radius 3 is 2.52 bits per heavy atom. The van der Waals surface area contributed by atoms with E-state index in [0.717, 1.165) is 44.6 Å². The number of nitrogens with one attached hydrogen (secondary N) is 1. The molecule has 3 rings (SSSR count). The van der Waals surface area contributed by atoms with E-state index < -0.39 is 0 Å². The summed E-state index contributed by atoms with van der Waals surface area (Å²) in [6.07, 6.45) is 2.88. The van der Waals surface area contributed by atoms with Crippen LogP contribution in [0.1, 0.15) is 53.5 Å². The van der Waals surface area contributed by atoms with Crippen LogP contribution in [0.25, 0.3) is 0 Å². The van der Waals surface area contributed by atoms with Gasteiger partial charge in [-0.15, -0.1) is 0 Å². The topological polar surface area (TPSA) is 70.5 Å². The summed E-state index contributed by atoms with van der Waals surface area (Å²) >= 11 is 0. The van der Waals surface area contributed by atoms with Gasteiger partial charge in [-0.25, -0.2) is 4.98 Å². The van der Waals surface area contributed by atoms with Crippen LogP contribution < -0.4 is 5.32 Å². The van der Waals surface area contributed by atoms with Gasteiger partial charge in [-0.2, -0.15) is 0 Å². The number of fused-ring (bicyclic) bond motifs is 1. The molecule has 1 aromatic heterocycles. The Hall–Kier alpha value is -1.89. The molecule has 7 nitrogen and oxygen atoms in total. The summed E-state index contributed by atoms with van der Waals surface area (Å²) in [4.78, 5) is 34.1. The van der Waals surface area contributed by atoms with E-state index in [1.807, 2.05) is 9.47 Å². The second-order valence-electron chi connectivity index (χ2n) is 7.54. The van der Waals surface area contributed by atoms with Gasteiger partial charge >= 0.3 is 0 Å². The van der Waals surface area contributed by atoms with Gasteiger partial charge in [0.25, 0.3) is 11.8 Å². The van der Waals surface area contributed by atoms with Crippen molar-refractivity contribution in [2.75, 3.05) is 39.8 Å². The molecule has 0 spiro atoms. The van der Waals surface area contributed by atoms with Crippen molar-refractivity contribution in [3.63, 3.8) is 0 Å². The summed E-state index contributed by atoms with van der Waals surface area (Å²) in [6.45, 7) is 8.69. The fraction of sp³-hybridized carbons (Fsp3) is 0.722. The number of likely N-dealkylation sites (N-methyl/N-ethyl adjacent to an activating group) is 1. The first-order valence-electron chi connectivity index (χ1n) is 9.32. The van der Waals surface area contributed by atoms with Crippen molar-refractivity contribution in [2.45, 2.75) is 39.7 Å². The maximum absolute atomic E-state index is 13.0. The first-order valence-corrected chi connectivity index (χ1v) is 9.32. The van der Waals surface area contributed by atoms with Crippen LogP contribution in [-0.4, -0.2) is 70.9 Å². The minimum atomic E-state index is -0.156. The van der Waals surface area contributed by atoms with Gasteiger partial charge in [-0.1, -0.05) is 13.8 Å².